The zero-order chi connectivity index (χ0) is 13.4. The van der Waals surface area contributed by atoms with Crippen molar-refractivity contribution >= 4 is 29.1 Å². The summed E-state index contributed by atoms with van der Waals surface area (Å²) in [5.74, 6) is -0.00335. The summed E-state index contributed by atoms with van der Waals surface area (Å²) in [6.45, 7) is 3.81. The molecular formula is C13H14Cl2FNO. The minimum absolute atomic E-state index is 0.00132. The summed E-state index contributed by atoms with van der Waals surface area (Å²) in [4.78, 5) is 11.8. The van der Waals surface area contributed by atoms with Crippen molar-refractivity contribution < 1.29 is 9.18 Å². The molecule has 1 amide bonds. The molecule has 1 aliphatic rings. The molecule has 98 valence electrons. The third-order valence-corrected chi connectivity index (χ3v) is 3.93. The molecule has 0 bridgehead atoms. The molecule has 2 nitrogen and oxygen atoms in total. The van der Waals surface area contributed by atoms with Crippen LogP contribution in [0.5, 0.6) is 0 Å². The molecule has 1 aromatic carbocycles. The zero-order valence-electron chi connectivity index (χ0n) is 10.1. The molecule has 0 spiro atoms. The average molecular weight is 290 g/mol. The predicted octanol–water partition coefficient (Wildman–Crippen LogP) is 3.97. The Bertz CT molecular complexity index is 492. The molecule has 1 fully saturated rings. The highest BCUT2D eigenvalue weighted by Crippen LogP contribution is 2.38. The highest BCUT2D eigenvalue weighted by Gasteiger charge is 2.39. The van der Waals surface area contributed by atoms with E-state index in [0.29, 0.717) is 16.5 Å². The van der Waals surface area contributed by atoms with Gasteiger partial charge in [-0.1, -0.05) is 30.1 Å². The molecule has 0 saturated heterocycles. The first-order valence-electron chi connectivity index (χ1n) is 5.85. The smallest absolute Gasteiger partial charge is 0.223 e. The maximum Gasteiger partial charge on any atom is 0.223 e. The molecule has 1 N–H and O–H groups in total. The second-order valence-electron chi connectivity index (χ2n) is 4.84. The molecule has 3 atom stereocenters. The van der Waals surface area contributed by atoms with Gasteiger partial charge in [-0.3, -0.25) is 4.79 Å². The molecule has 18 heavy (non-hydrogen) atoms. The van der Waals surface area contributed by atoms with E-state index in [4.69, 9.17) is 23.2 Å². The third kappa shape index (κ3) is 2.78. The van der Waals surface area contributed by atoms with Crippen LogP contribution in [0.2, 0.25) is 10.0 Å². The van der Waals surface area contributed by atoms with Gasteiger partial charge in [-0.15, -0.1) is 0 Å². The molecular weight excluding hydrogens is 276 g/mol. The normalized spacial score (nSPS) is 23.6. The van der Waals surface area contributed by atoms with Crippen LogP contribution in [0.4, 0.5) is 4.39 Å². The Hall–Kier alpha value is -0.800. The Morgan fingerprint density at radius 2 is 2.06 bits per heavy atom. The van der Waals surface area contributed by atoms with Crippen molar-refractivity contribution in [3.8, 4) is 0 Å². The fraction of sp³-hybridized carbons (Fsp3) is 0.462. The number of amides is 1. The molecule has 2 rings (SSSR count). The lowest BCUT2D eigenvalue weighted by Crippen LogP contribution is -2.28. The quantitative estimate of drug-likeness (QED) is 0.839. The summed E-state index contributed by atoms with van der Waals surface area (Å²) in [5, 5.41) is 3.19. The van der Waals surface area contributed by atoms with E-state index in [1.165, 1.54) is 12.1 Å². The molecule has 0 heterocycles. The summed E-state index contributed by atoms with van der Waals surface area (Å²) in [5.41, 5.74) is 0.542. The number of rotatable bonds is 3. The zero-order valence-corrected chi connectivity index (χ0v) is 11.6. The lowest BCUT2D eigenvalue weighted by Gasteiger charge is -2.16. The highest BCUT2D eigenvalue weighted by atomic mass is 35.5. The van der Waals surface area contributed by atoms with E-state index in [1.54, 1.807) is 6.92 Å². The van der Waals surface area contributed by atoms with Crippen LogP contribution in [-0.2, 0) is 4.79 Å². The topological polar surface area (TPSA) is 29.1 Å². The number of carbonyl (C=O) groups is 1. The molecule has 1 aliphatic carbocycles. The first-order valence-corrected chi connectivity index (χ1v) is 6.60. The van der Waals surface area contributed by atoms with E-state index in [1.807, 2.05) is 6.92 Å². The first-order chi connectivity index (χ1) is 8.40. The maximum absolute atomic E-state index is 13.4. The Morgan fingerprint density at radius 3 is 2.61 bits per heavy atom. The minimum atomic E-state index is -0.531. The number of carbonyl (C=O) groups excluding carboxylic acids is 1. The summed E-state index contributed by atoms with van der Waals surface area (Å²) < 4.78 is 13.4. The largest absolute Gasteiger partial charge is 0.349 e. The van der Waals surface area contributed by atoms with E-state index < -0.39 is 5.82 Å². The molecule has 1 aromatic rings. The number of benzene rings is 1. The Labute approximate surface area is 115 Å². The van der Waals surface area contributed by atoms with Crippen molar-refractivity contribution in [3.63, 3.8) is 0 Å². The van der Waals surface area contributed by atoms with Crippen LogP contribution in [0.25, 0.3) is 0 Å². The summed E-state index contributed by atoms with van der Waals surface area (Å²) in [6, 6.07) is 2.30. The second-order valence-corrected chi connectivity index (χ2v) is 5.65. The van der Waals surface area contributed by atoms with Gasteiger partial charge in [0.05, 0.1) is 11.1 Å². The summed E-state index contributed by atoms with van der Waals surface area (Å²) >= 11 is 11.6. The van der Waals surface area contributed by atoms with E-state index in [0.717, 1.165) is 6.42 Å². The molecule has 0 aromatic heterocycles. The first kappa shape index (κ1) is 13.6. The number of nitrogens with one attached hydrogen (secondary N) is 1. The Kier molecular flexibility index (Phi) is 3.83. The van der Waals surface area contributed by atoms with E-state index in [-0.39, 0.29) is 22.9 Å². The second kappa shape index (κ2) is 5.06. The van der Waals surface area contributed by atoms with Gasteiger partial charge in [-0.2, -0.15) is 0 Å². The summed E-state index contributed by atoms with van der Waals surface area (Å²) in [6.07, 6.45) is 0.918. The van der Waals surface area contributed by atoms with Crippen LogP contribution in [0.1, 0.15) is 31.9 Å². The lowest BCUT2D eigenvalue weighted by molar-refractivity contribution is -0.123. The van der Waals surface area contributed by atoms with Crippen molar-refractivity contribution in [3.05, 3.63) is 33.6 Å². The average Bonchev–Trinajstić information content (AvgIpc) is 3.00. The van der Waals surface area contributed by atoms with Crippen LogP contribution >= 0.6 is 23.2 Å². The van der Waals surface area contributed by atoms with Gasteiger partial charge >= 0.3 is 0 Å². The van der Waals surface area contributed by atoms with Gasteiger partial charge < -0.3 is 5.32 Å². The molecule has 0 aliphatic heterocycles. The van der Waals surface area contributed by atoms with Crippen molar-refractivity contribution in [2.75, 3.05) is 0 Å². The van der Waals surface area contributed by atoms with Gasteiger partial charge in [0.15, 0.2) is 0 Å². The SMILES string of the molecule is CC(NC(=O)C1CC1C)c1cc(F)c(Cl)cc1Cl. The highest BCUT2D eigenvalue weighted by molar-refractivity contribution is 6.35. The standard InChI is InChI=1S/C13H14Cl2FNO/c1-6-3-8(6)13(18)17-7(2)9-4-12(16)11(15)5-10(9)14/h4-8H,3H2,1-2H3,(H,17,18). The van der Waals surface area contributed by atoms with Crippen LogP contribution in [0.3, 0.4) is 0 Å². The third-order valence-electron chi connectivity index (χ3n) is 3.31. The molecule has 0 radical (unpaired) electrons. The van der Waals surface area contributed by atoms with Gasteiger partial charge in [-0.25, -0.2) is 4.39 Å². The Morgan fingerprint density at radius 1 is 1.44 bits per heavy atom. The number of hydrogen-bond acceptors (Lipinski definition) is 1. The lowest BCUT2D eigenvalue weighted by atomic mass is 10.1. The monoisotopic (exact) mass is 289 g/mol. The van der Waals surface area contributed by atoms with Crippen molar-refractivity contribution in [2.45, 2.75) is 26.3 Å². The molecule has 1 saturated carbocycles. The molecule has 3 unspecified atom stereocenters. The minimum Gasteiger partial charge on any atom is -0.349 e. The van der Waals surface area contributed by atoms with Crippen LogP contribution < -0.4 is 5.32 Å². The maximum atomic E-state index is 13.4. The van der Waals surface area contributed by atoms with E-state index in [9.17, 15) is 9.18 Å². The van der Waals surface area contributed by atoms with E-state index >= 15 is 0 Å². The molecule has 5 heteroatoms. The van der Waals surface area contributed by atoms with Gasteiger partial charge in [0.2, 0.25) is 5.91 Å². The Balaban J connectivity index is 2.11. The van der Waals surface area contributed by atoms with Gasteiger partial charge in [0.25, 0.3) is 0 Å². The van der Waals surface area contributed by atoms with Gasteiger partial charge in [0, 0.05) is 10.9 Å². The van der Waals surface area contributed by atoms with Crippen LogP contribution in [-0.4, -0.2) is 5.91 Å². The van der Waals surface area contributed by atoms with Crippen LogP contribution in [0.15, 0.2) is 12.1 Å². The van der Waals surface area contributed by atoms with Crippen molar-refractivity contribution in [1.82, 2.24) is 5.32 Å². The fourth-order valence-corrected chi connectivity index (χ4v) is 2.50. The number of halogens is 3. The van der Waals surface area contributed by atoms with Crippen LogP contribution in [0, 0.1) is 17.7 Å². The van der Waals surface area contributed by atoms with E-state index in [2.05, 4.69) is 5.32 Å². The van der Waals surface area contributed by atoms with Crippen molar-refractivity contribution in [2.24, 2.45) is 11.8 Å². The van der Waals surface area contributed by atoms with Gasteiger partial charge in [0.1, 0.15) is 5.82 Å². The fourth-order valence-electron chi connectivity index (χ4n) is 1.96. The predicted molar refractivity (Wildman–Crippen MR) is 70.2 cm³/mol. The number of hydrogen-bond donors (Lipinski definition) is 1. The van der Waals surface area contributed by atoms with Crippen molar-refractivity contribution in [1.29, 1.82) is 0 Å². The summed E-state index contributed by atoms with van der Waals surface area (Å²) in [7, 11) is 0. The van der Waals surface area contributed by atoms with Gasteiger partial charge in [-0.05, 0) is 37.0 Å².